The smallest absolute Gasteiger partial charge is 0.145 e. The third-order valence-corrected chi connectivity index (χ3v) is 3.36. The SMILES string of the molecule is NC1(c2cc(Cl)c(F)cc2O)CCCC1. The Morgan fingerprint density at radius 1 is 1.33 bits per heavy atom. The van der Waals surface area contributed by atoms with E-state index in [1.807, 2.05) is 0 Å². The fourth-order valence-corrected chi connectivity index (χ4v) is 2.37. The maximum Gasteiger partial charge on any atom is 0.145 e. The van der Waals surface area contributed by atoms with Gasteiger partial charge in [-0.25, -0.2) is 4.39 Å². The van der Waals surface area contributed by atoms with Crippen LogP contribution in [-0.2, 0) is 5.54 Å². The third-order valence-electron chi connectivity index (χ3n) is 3.07. The molecule has 0 saturated heterocycles. The highest BCUT2D eigenvalue weighted by Gasteiger charge is 2.34. The molecule has 1 saturated carbocycles. The van der Waals surface area contributed by atoms with E-state index in [0.29, 0.717) is 5.56 Å². The van der Waals surface area contributed by atoms with E-state index >= 15 is 0 Å². The lowest BCUT2D eigenvalue weighted by molar-refractivity contribution is 0.406. The van der Waals surface area contributed by atoms with E-state index in [4.69, 9.17) is 17.3 Å². The molecule has 82 valence electrons. The minimum absolute atomic E-state index is 0.0134. The average Bonchev–Trinajstić information content (AvgIpc) is 2.60. The molecule has 0 unspecified atom stereocenters. The Labute approximate surface area is 92.9 Å². The predicted octanol–water partition coefficient (Wildman–Crippen LogP) is 2.91. The number of aromatic hydroxyl groups is 1. The second-order valence-corrected chi connectivity index (χ2v) is 4.55. The van der Waals surface area contributed by atoms with Gasteiger partial charge in [-0.05, 0) is 18.9 Å². The first-order valence-electron chi connectivity index (χ1n) is 5.00. The van der Waals surface area contributed by atoms with Crippen molar-refractivity contribution in [1.82, 2.24) is 0 Å². The van der Waals surface area contributed by atoms with Gasteiger partial charge < -0.3 is 10.8 Å². The number of hydrogen-bond acceptors (Lipinski definition) is 2. The molecule has 0 atom stereocenters. The molecule has 4 heteroatoms. The largest absolute Gasteiger partial charge is 0.507 e. The molecule has 1 aromatic carbocycles. The molecular formula is C11H13ClFNO. The van der Waals surface area contributed by atoms with Crippen molar-refractivity contribution in [2.24, 2.45) is 5.73 Å². The van der Waals surface area contributed by atoms with Crippen molar-refractivity contribution in [3.8, 4) is 5.75 Å². The summed E-state index contributed by atoms with van der Waals surface area (Å²) in [5.41, 5.74) is 6.18. The number of hydrogen-bond donors (Lipinski definition) is 2. The van der Waals surface area contributed by atoms with Crippen molar-refractivity contribution in [2.75, 3.05) is 0 Å². The average molecular weight is 230 g/mol. The second kappa shape index (κ2) is 3.65. The van der Waals surface area contributed by atoms with E-state index in [9.17, 15) is 9.50 Å². The van der Waals surface area contributed by atoms with Crippen LogP contribution in [0, 0.1) is 5.82 Å². The number of phenolic OH excluding ortho intramolecular Hbond substituents is 1. The van der Waals surface area contributed by atoms with E-state index in [2.05, 4.69) is 0 Å². The van der Waals surface area contributed by atoms with Gasteiger partial charge in [0.25, 0.3) is 0 Å². The minimum atomic E-state index is -0.612. The minimum Gasteiger partial charge on any atom is -0.507 e. The van der Waals surface area contributed by atoms with Gasteiger partial charge in [0, 0.05) is 17.2 Å². The fraction of sp³-hybridized carbons (Fsp3) is 0.455. The molecule has 3 N–H and O–H groups in total. The Hall–Kier alpha value is -0.800. The third kappa shape index (κ3) is 1.82. The maximum absolute atomic E-state index is 13.0. The number of phenols is 1. The summed E-state index contributed by atoms with van der Waals surface area (Å²) in [7, 11) is 0. The standard InChI is InChI=1S/C11H13ClFNO/c12-8-5-7(10(15)6-9(8)13)11(14)3-1-2-4-11/h5-6,15H,1-4,14H2. The van der Waals surface area contributed by atoms with E-state index in [-0.39, 0.29) is 10.8 Å². The van der Waals surface area contributed by atoms with Crippen molar-refractivity contribution in [3.63, 3.8) is 0 Å². The van der Waals surface area contributed by atoms with Crippen LogP contribution >= 0.6 is 11.6 Å². The molecule has 2 nitrogen and oxygen atoms in total. The Bertz CT molecular complexity index is 388. The van der Waals surface area contributed by atoms with Crippen LogP contribution < -0.4 is 5.73 Å². The van der Waals surface area contributed by atoms with Gasteiger partial charge in [-0.1, -0.05) is 24.4 Å². The Balaban J connectivity index is 2.48. The highest BCUT2D eigenvalue weighted by atomic mass is 35.5. The van der Waals surface area contributed by atoms with Crippen LogP contribution in [-0.4, -0.2) is 5.11 Å². The van der Waals surface area contributed by atoms with Gasteiger partial charge in [0.2, 0.25) is 0 Å². The molecule has 1 aliphatic carbocycles. The molecular weight excluding hydrogens is 217 g/mol. The first-order valence-corrected chi connectivity index (χ1v) is 5.38. The van der Waals surface area contributed by atoms with Crippen LogP contribution in [0.4, 0.5) is 4.39 Å². The van der Waals surface area contributed by atoms with Crippen LogP contribution in [0.5, 0.6) is 5.75 Å². The first kappa shape index (κ1) is 10.7. The zero-order valence-electron chi connectivity index (χ0n) is 8.26. The van der Waals surface area contributed by atoms with Crippen molar-refractivity contribution in [1.29, 1.82) is 0 Å². The van der Waals surface area contributed by atoms with Gasteiger partial charge in [0.15, 0.2) is 0 Å². The van der Waals surface area contributed by atoms with E-state index in [1.54, 1.807) is 0 Å². The molecule has 0 aliphatic heterocycles. The second-order valence-electron chi connectivity index (χ2n) is 4.15. The summed E-state index contributed by atoms with van der Waals surface area (Å²) in [4.78, 5) is 0. The molecule has 1 aromatic rings. The van der Waals surface area contributed by atoms with Crippen LogP contribution in [0.15, 0.2) is 12.1 Å². The number of nitrogens with two attached hydrogens (primary N) is 1. The van der Waals surface area contributed by atoms with Crippen LogP contribution in [0.1, 0.15) is 31.2 Å². The lowest BCUT2D eigenvalue weighted by Crippen LogP contribution is -2.33. The Morgan fingerprint density at radius 2 is 1.93 bits per heavy atom. The van der Waals surface area contributed by atoms with Gasteiger partial charge in [0.05, 0.1) is 5.02 Å². The number of halogens is 2. The quantitative estimate of drug-likeness (QED) is 0.778. The van der Waals surface area contributed by atoms with E-state index < -0.39 is 11.4 Å². The molecule has 0 amide bonds. The fourth-order valence-electron chi connectivity index (χ4n) is 2.21. The summed E-state index contributed by atoms with van der Waals surface area (Å²) < 4.78 is 13.0. The van der Waals surface area contributed by atoms with Gasteiger partial charge in [-0.3, -0.25) is 0 Å². The first-order chi connectivity index (χ1) is 7.03. The summed E-state index contributed by atoms with van der Waals surface area (Å²) in [6.07, 6.45) is 3.68. The van der Waals surface area contributed by atoms with Gasteiger partial charge >= 0.3 is 0 Å². The molecule has 0 spiro atoms. The normalized spacial score (nSPS) is 19.4. The molecule has 0 aromatic heterocycles. The summed E-state index contributed by atoms with van der Waals surface area (Å²) in [5.74, 6) is -0.708. The summed E-state index contributed by atoms with van der Waals surface area (Å²) in [5, 5.41) is 9.68. The molecule has 0 bridgehead atoms. The lowest BCUT2D eigenvalue weighted by Gasteiger charge is -2.25. The molecule has 0 heterocycles. The van der Waals surface area contributed by atoms with Crippen molar-refractivity contribution < 1.29 is 9.50 Å². The topological polar surface area (TPSA) is 46.2 Å². The summed E-state index contributed by atoms with van der Waals surface area (Å²) in [6.45, 7) is 0. The maximum atomic E-state index is 13.0. The van der Waals surface area contributed by atoms with Gasteiger partial charge in [0.1, 0.15) is 11.6 Å². The highest BCUT2D eigenvalue weighted by molar-refractivity contribution is 6.30. The molecule has 1 fully saturated rings. The van der Waals surface area contributed by atoms with E-state index in [0.717, 1.165) is 31.7 Å². The van der Waals surface area contributed by atoms with Crippen LogP contribution in [0.2, 0.25) is 5.02 Å². The Morgan fingerprint density at radius 3 is 2.53 bits per heavy atom. The van der Waals surface area contributed by atoms with Gasteiger partial charge in [-0.2, -0.15) is 0 Å². The van der Waals surface area contributed by atoms with Gasteiger partial charge in [-0.15, -0.1) is 0 Å². The molecule has 2 rings (SSSR count). The Kier molecular flexibility index (Phi) is 2.61. The molecule has 15 heavy (non-hydrogen) atoms. The zero-order chi connectivity index (χ0) is 11.1. The van der Waals surface area contributed by atoms with Crippen LogP contribution in [0.25, 0.3) is 0 Å². The van der Waals surface area contributed by atoms with Crippen molar-refractivity contribution in [3.05, 3.63) is 28.5 Å². The molecule has 0 radical (unpaired) electrons. The van der Waals surface area contributed by atoms with Crippen molar-refractivity contribution in [2.45, 2.75) is 31.2 Å². The monoisotopic (exact) mass is 229 g/mol. The van der Waals surface area contributed by atoms with E-state index in [1.165, 1.54) is 6.07 Å². The number of benzene rings is 1. The summed E-state index contributed by atoms with van der Waals surface area (Å²) >= 11 is 5.68. The predicted molar refractivity (Wildman–Crippen MR) is 57.4 cm³/mol. The lowest BCUT2D eigenvalue weighted by atomic mass is 9.88. The van der Waals surface area contributed by atoms with Crippen molar-refractivity contribution >= 4 is 11.6 Å². The molecule has 1 aliphatic rings. The highest BCUT2D eigenvalue weighted by Crippen LogP contribution is 2.41. The summed E-state index contributed by atoms with van der Waals surface area (Å²) in [6, 6.07) is 2.47. The zero-order valence-corrected chi connectivity index (χ0v) is 9.02. The number of rotatable bonds is 1. The van der Waals surface area contributed by atoms with Crippen LogP contribution in [0.3, 0.4) is 0 Å².